The average molecular weight is 249 g/mol. The molecule has 0 amide bonds. The van der Waals surface area contributed by atoms with Crippen LogP contribution in [0.1, 0.15) is 31.7 Å². The topological polar surface area (TPSA) is 60.2 Å². The Morgan fingerprint density at radius 3 is 3.17 bits per heavy atom. The standard InChI is InChI=1S/C14H23N3O/c1-2-16-12(10-13-6-4-8-18-13)9-11-5-3-7-17-14(11)15/h3,5,7,12-13,16H,2,4,6,8-10H2,1H3,(H2,15,17). The zero-order chi connectivity index (χ0) is 12.8. The van der Waals surface area contributed by atoms with Gasteiger partial charge in [0.2, 0.25) is 0 Å². The molecule has 0 spiro atoms. The van der Waals surface area contributed by atoms with Gasteiger partial charge in [0.1, 0.15) is 5.82 Å². The van der Waals surface area contributed by atoms with Crippen molar-refractivity contribution in [1.82, 2.24) is 10.3 Å². The van der Waals surface area contributed by atoms with Crippen molar-refractivity contribution in [3.05, 3.63) is 23.9 Å². The van der Waals surface area contributed by atoms with Crippen LogP contribution in [-0.4, -0.2) is 30.3 Å². The second kappa shape index (κ2) is 6.71. The van der Waals surface area contributed by atoms with Gasteiger partial charge in [0.25, 0.3) is 0 Å². The molecule has 2 atom stereocenters. The highest BCUT2D eigenvalue weighted by atomic mass is 16.5. The van der Waals surface area contributed by atoms with Crippen molar-refractivity contribution in [1.29, 1.82) is 0 Å². The summed E-state index contributed by atoms with van der Waals surface area (Å²) < 4.78 is 5.71. The first kappa shape index (κ1) is 13.3. The van der Waals surface area contributed by atoms with Crippen molar-refractivity contribution in [2.75, 3.05) is 18.9 Å². The highest BCUT2D eigenvalue weighted by molar-refractivity contribution is 5.38. The lowest BCUT2D eigenvalue weighted by molar-refractivity contribution is 0.0948. The molecule has 4 heteroatoms. The highest BCUT2D eigenvalue weighted by Gasteiger charge is 2.21. The van der Waals surface area contributed by atoms with Gasteiger partial charge in [0.15, 0.2) is 0 Å². The summed E-state index contributed by atoms with van der Waals surface area (Å²) in [4.78, 5) is 4.14. The molecule has 3 N–H and O–H groups in total. The van der Waals surface area contributed by atoms with Gasteiger partial charge in [-0.15, -0.1) is 0 Å². The third kappa shape index (κ3) is 3.68. The molecule has 0 bridgehead atoms. The molecule has 1 aliphatic rings. The number of anilines is 1. The van der Waals surface area contributed by atoms with E-state index in [1.165, 1.54) is 12.8 Å². The molecule has 2 heterocycles. The van der Waals surface area contributed by atoms with Crippen molar-refractivity contribution in [3.8, 4) is 0 Å². The lowest BCUT2D eigenvalue weighted by Gasteiger charge is -2.21. The molecule has 0 radical (unpaired) electrons. The summed E-state index contributed by atoms with van der Waals surface area (Å²) in [5.74, 6) is 0.646. The first-order valence-corrected chi connectivity index (χ1v) is 6.84. The minimum absolute atomic E-state index is 0.409. The number of hydrogen-bond acceptors (Lipinski definition) is 4. The number of nitrogens with one attached hydrogen (secondary N) is 1. The fraction of sp³-hybridized carbons (Fsp3) is 0.643. The predicted molar refractivity (Wildman–Crippen MR) is 73.4 cm³/mol. The number of ether oxygens (including phenoxy) is 1. The zero-order valence-electron chi connectivity index (χ0n) is 11.1. The van der Waals surface area contributed by atoms with Gasteiger partial charge < -0.3 is 15.8 Å². The van der Waals surface area contributed by atoms with Crippen molar-refractivity contribution < 1.29 is 4.74 Å². The Bertz CT molecular complexity index is 364. The number of nitrogen functional groups attached to an aromatic ring is 1. The predicted octanol–water partition coefficient (Wildman–Crippen LogP) is 1.75. The SMILES string of the molecule is CCNC(Cc1cccnc1N)CC1CCCO1. The van der Waals surface area contributed by atoms with Gasteiger partial charge in [-0.05, 0) is 43.9 Å². The molecule has 1 aromatic rings. The first-order valence-electron chi connectivity index (χ1n) is 6.84. The molecule has 4 nitrogen and oxygen atoms in total. The molecule has 0 aromatic carbocycles. The van der Waals surface area contributed by atoms with Crippen LogP contribution < -0.4 is 11.1 Å². The van der Waals surface area contributed by atoms with Crippen LogP contribution >= 0.6 is 0 Å². The van der Waals surface area contributed by atoms with E-state index in [1.807, 2.05) is 6.07 Å². The van der Waals surface area contributed by atoms with Gasteiger partial charge in [-0.3, -0.25) is 0 Å². The second-order valence-electron chi connectivity index (χ2n) is 4.88. The summed E-state index contributed by atoms with van der Waals surface area (Å²) in [5, 5.41) is 3.52. The van der Waals surface area contributed by atoms with Crippen LogP contribution in [0.2, 0.25) is 0 Å². The van der Waals surface area contributed by atoms with Crippen LogP contribution in [0.4, 0.5) is 5.82 Å². The van der Waals surface area contributed by atoms with E-state index in [2.05, 4.69) is 23.3 Å². The van der Waals surface area contributed by atoms with Crippen LogP contribution in [0.25, 0.3) is 0 Å². The van der Waals surface area contributed by atoms with E-state index in [-0.39, 0.29) is 0 Å². The van der Waals surface area contributed by atoms with Crippen LogP contribution in [0.5, 0.6) is 0 Å². The number of hydrogen-bond donors (Lipinski definition) is 2. The lowest BCUT2D eigenvalue weighted by atomic mass is 9.99. The Hall–Kier alpha value is -1.13. The Balaban J connectivity index is 1.94. The van der Waals surface area contributed by atoms with Gasteiger partial charge in [0.05, 0.1) is 6.10 Å². The molecule has 1 aromatic heterocycles. The number of nitrogens with two attached hydrogens (primary N) is 1. The van der Waals surface area contributed by atoms with Crippen molar-refractivity contribution in [2.45, 2.75) is 44.8 Å². The zero-order valence-corrected chi connectivity index (χ0v) is 11.1. The molecule has 2 rings (SSSR count). The first-order chi connectivity index (χ1) is 8.79. The molecule has 2 unspecified atom stereocenters. The maximum absolute atomic E-state index is 5.90. The Morgan fingerprint density at radius 1 is 1.61 bits per heavy atom. The number of aromatic nitrogens is 1. The normalized spacial score (nSPS) is 21.1. The van der Waals surface area contributed by atoms with Crippen LogP contribution in [0, 0.1) is 0 Å². The maximum atomic E-state index is 5.90. The van der Waals surface area contributed by atoms with E-state index in [0.29, 0.717) is 18.0 Å². The van der Waals surface area contributed by atoms with Crippen molar-refractivity contribution in [2.24, 2.45) is 0 Å². The van der Waals surface area contributed by atoms with Crippen molar-refractivity contribution >= 4 is 5.82 Å². The van der Waals surface area contributed by atoms with E-state index in [9.17, 15) is 0 Å². The fourth-order valence-corrected chi connectivity index (χ4v) is 2.56. The molecule has 0 saturated carbocycles. The third-order valence-electron chi connectivity index (χ3n) is 3.46. The van der Waals surface area contributed by atoms with E-state index < -0.39 is 0 Å². The molecule has 1 fully saturated rings. The molecular weight excluding hydrogens is 226 g/mol. The summed E-state index contributed by atoms with van der Waals surface area (Å²) in [6, 6.07) is 4.42. The molecule has 1 aliphatic heterocycles. The fourth-order valence-electron chi connectivity index (χ4n) is 2.56. The summed E-state index contributed by atoms with van der Waals surface area (Å²) in [6.07, 6.45) is 6.51. The molecular formula is C14H23N3O. The highest BCUT2D eigenvalue weighted by Crippen LogP contribution is 2.20. The molecule has 100 valence electrons. The summed E-state index contributed by atoms with van der Waals surface area (Å²) in [7, 11) is 0. The summed E-state index contributed by atoms with van der Waals surface area (Å²) in [5.41, 5.74) is 7.03. The Labute approximate surface area is 109 Å². The van der Waals surface area contributed by atoms with Gasteiger partial charge in [0, 0.05) is 18.8 Å². The van der Waals surface area contributed by atoms with E-state index >= 15 is 0 Å². The third-order valence-corrected chi connectivity index (χ3v) is 3.46. The van der Waals surface area contributed by atoms with Gasteiger partial charge in [-0.2, -0.15) is 0 Å². The van der Waals surface area contributed by atoms with Gasteiger partial charge in [-0.1, -0.05) is 13.0 Å². The lowest BCUT2D eigenvalue weighted by Crippen LogP contribution is -2.34. The Morgan fingerprint density at radius 2 is 2.50 bits per heavy atom. The van der Waals surface area contributed by atoms with Gasteiger partial charge in [-0.25, -0.2) is 4.98 Å². The monoisotopic (exact) mass is 249 g/mol. The molecule has 18 heavy (non-hydrogen) atoms. The van der Waals surface area contributed by atoms with Crippen LogP contribution in [0.3, 0.4) is 0 Å². The summed E-state index contributed by atoms with van der Waals surface area (Å²) >= 11 is 0. The smallest absolute Gasteiger partial charge is 0.126 e. The van der Waals surface area contributed by atoms with Crippen LogP contribution in [-0.2, 0) is 11.2 Å². The average Bonchev–Trinajstić information content (AvgIpc) is 2.85. The second-order valence-corrected chi connectivity index (χ2v) is 4.88. The number of rotatable bonds is 6. The number of likely N-dealkylation sites (N-methyl/N-ethyl adjacent to an activating group) is 1. The Kier molecular flexibility index (Phi) is 4.96. The van der Waals surface area contributed by atoms with E-state index in [0.717, 1.165) is 31.6 Å². The quantitative estimate of drug-likeness (QED) is 0.806. The number of pyridine rings is 1. The molecule has 0 aliphatic carbocycles. The van der Waals surface area contributed by atoms with Crippen molar-refractivity contribution in [3.63, 3.8) is 0 Å². The minimum atomic E-state index is 0.409. The van der Waals surface area contributed by atoms with Crippen LogP contribution in [0.15, 0.2) is 18.3 Å². The van der Waals surface area contributed by atoms with E-state index in [1.54, 1.807) is 6.20 Å². The maximum Gasteiger partial charge on any atom is 0.126 e. The molecule has 1 saturated heterocycles. The van der Waals surface area contributed by atoms with Gasteiger partial charge >= 0.3 is 0 Å². The number of nitrogens with zero attached hydrogens (tertiary/aromatic N) is 1. The summed E-state index contributed by atoms with van der Waals surface area (Å²) in [6.45, 7) is 4.02. The minimum Gasteiger partial charge on any atom is -0.383 e. The van der Waals surface area contributed by atoms with E-state index in [4.69, 9.17) is 10.5 Å². The largest absolute Gasteiger partial charge is 0.383 e.